The van der Waals surface area contributed by atoms with Crippen molar-refractivity contribution in [2.45, 2.75) is 33.4 Å². The van der Waals surface area contributed by atoms with Gasteiger partial charge in [-0.3, -0.25) is 9.89 Å². The Kier molecular flexibility index (Phi) is 10.3. The molecule has 0 radical (unpaired) electrons. The van der Waals surface area contributed by atoms with Crippen LogP contribution in [0, 0.1) is 13.8 Å². The molecule has 0 bridgehead atoms. The highest BCUT2D eigenvalue weighted by molar-refractivity contribution is 14.0. The van der Waals surface area contributed by atoms with Crippen LogP contribution in [0.5, 0.6) is 0 Å². The van der Waals surface area contributed by atoms with Gasteiger partial charge < -0.3 is 15.4 Å². The molecule has 1 aliphatic rings. The Morgan fingerprint density at radius 3 is 2.66 bits per heavy atom. The highest BCUT2D eigenvalue weighted by atomic mass is 127. The maximum absolute atomic E-state index is 5.43. The van der Waals surface area contributed by atoms with Crippen molar-refractivity contribution >= 4 is 41.3 Å². The van der Waals surface area contributed by atoms with E-state index < -0.39 is 0 Å². The number of rotatable bonds is 7. The standard InChI is InChI=1S/C21H31N5OS.HI/c1-16-17(2)28-20(25-16)7-8-23-21(22-3)24-14-18-5-4-6-19(13-18)15-26-9-11-27-12-10-26;/h4-6,13H,7-12,14-15H2,1-3H3,(H2,22,23,24);1H. The van der Waals surface area contributed by atoms with Crippen LogP contribution in [0.1, 0.15) is 26.7 Å². The number of ether oxygens (including phenoxy) is 1. The lowest BCUT2D eigenvalue weighted by molar-refractivity contribution is 0.0342. The summed E-state index contributed by atoms with van der Waals surface area (Å²) in [6, 6.07) is 8.77. The van der Waals surface area contributed by atoms with Crippen molar-refractivity contribution in [3.8, 4) is 0 Å². The van der Waals surface area contributed by atoms with Crippen LogP contribution in [0.25, 0.3) is 0 Å². The van der Waals surface area contributed by atoms with Crippen molar-refractivity contribution in [3.63, 3.8) is 0 Å². The van der Waals surface area contributed by atoms with E-state index in [0.29, 0.717) is 0 Å². The third kappa shape index (κ3) is 7.84. The number of hydrogen-bond acceptors (Lipinski definition) is 5. The van der Waals surface area contributed by atoms with E-state index in [9.17, 15) is 0 Å². The molecular weight excluding hydrogens is 497 g/mol. The van der Waals surface area contributed by atoms with Crippen molar-refractivity contribution in [3.05, 3.63) is 51.0 Å². The van der Waals surface area contributed by atoms with Gasteiger partial charge in [0.1, 0.15) is 0 Å². The predicted molar refractivity (Wildman–Crippen MR) is 131 cm³/mol. The number of guanidine groups is 1. The molecule has 0 aliphatic carbocycles. The van der Waals surface area contributed by atoms with E-state index in [0.717, 1.165) is 64.0 Å². The molecule has 160 valence electrons. The van der Waals surface area contributed by atoms with Crippen LogP contribution in [-0.2, 0) is 24.2 Å². The maximum Gasteiger partial charge on any atom is 0.191 e. The topological polar surface area (TPSA) is 61.8 Å². The fraction of sp³-hybridized carbons (Fsp3) is 0.524. The minimum atomic E-state index is 0. The van der Waals surface area contributed by atoms with Gasteiger partial charge in [-0.2, -0.15) is 0 Å². The van der Waals surface area contributed by atoms with E-state index in [2.05, 4.69) is 63.6 Å². The third-order valence-electron chi connectivity index (χ3n) is 4.89. The second-order valence-corrected chi connectivity index (χ2v) is 8.35. The molecule has 1 aromatic heterocycles. The number of hydrogen-bond donors (Lipinski definition) is 2. The minimum Gasteiger partial charge on any atom is -0.379 e. The number of aryl methyl sites for hydroxylation is 2. The summed E-state index contributed by atoms with van der Waals surface area (Å²) in [7, 11) is 1.81. The monoisotopic (exact) mass is 529 g/mol. The molecule has 2 heterocycles. The molecule has 1 aromatic carbocycles. The van der Waals surface area contributed by atoms with Crippen LogP contribution in [0.2, 0.25) is 0 Å². The molecular formula is C21H32IN5OS. The summed E-state index contributed by atoms with van der Waals surface area (Å²) in [5.41, 5.74) is 3.75. The van der Waals surface area contributed by atoms with Gasteiger partial charge >= 0.3 is 0 Å². The first-order chi connectivity index (χ1) is 13.6. The first kappa shape index (κ1) is 24.0. The van der Waals surface area contributed by atoms with Gasteiger partial charge in [-0.1, -0.05) is 24.3 Å². The summed E-state index contributed by atoms with van der Waals surface area (Å²) in [5.74, 6) is 0.823. The van der Waals surface area contributed by atoms with Gasteiger partial charge in [-0.15, -0.1) is 35.3 Å². The average molecular weight is 529 g/mol. The van der Waals surface area contributed by atoms with Crippen LogP contribution < -0.4 is 10.6 Å². The molecule has 2 N–H and O–H groups in total. The van der Waals surface area contributed by atoms with E-state index >= 15 is 0 Å². The number of thiazole rings is 1. The lowest BCUT2D eigenvalue weighted by Gasteiger charge is -2.26. The van der Waals surface area contributed by atoms with Crippen molar-refractivity contribution in [1.82, 2.24) is 20.5 Å². The summed E-state index contributed by atoms with van der Waals surface area (Å²) in [4.78, 5) is 12.7. The zero-order valence-corrected chi connectivity index (χ0v) is 20.7. The Morgan fingerprint density at radius 1 is 1.21 bits per heavy atom. The summed E-state index contributed by atoms with van der Waals surface area (Å²) in [5, 5.41) is 7.96. The summed E-state index contributed by atoms with van der Waals surface area (Å²) >= 11 is 1.78. The number of halogens is 1. The van der Waals surface area contributed by atoms with E-state index in [-0.39, 0.29) is 24.0 Å². The maximum atomic E-state index is 5.43. The SMILES string of the molecule is CN=C(NCCc1nc(C)c(C)s1)NCc1cccc(CN2CCOCC2)c1.I. The van der Waals surface area contributed by atoms with Gasteiger partial charge in [0.15, 0.2) is 5.96 Å². The van der Waals surface area contributed by atoms with E-state index in [4.69, 9.17) is 4.74 Å². The molecule has 1 fully saturated rings. The number of morpholine rings is 1. The summed E-state index contributed by atoms with van der Waals surface area (Å²) in [6.45, 7) is 10.4. The van der Waals surface area contributed by atoms with Crippen molar-refractivity contribution in [2.24, 2.45) is 4.99 Å². The Balaban J connectivity index is 0.00000300. The van der Waals surface area contributed by atoms with Crippen LogP contribution in [0.4, 0.5) is 0 Å². The average Bonchev–Trinajstić information content (AvgIpc) is 3.03. The highest BCUT2D eigenvalue weighted by Gasteiger charge is 2.11. The van der Waals surface area contributed by atoms with Crippen molar-refractivity contribution in [1.29, 1.82) is 0 Å². The Morgan fingerprint density at radius 2 is 1.97 bits per heavy atom. The molecule has 0 saturated carbocycles. The zero-order valence-electron chi connectivity index (χ0n) is 17.5. The van der Waals surface area contributed by atoms with Gasteiger partial charge in [-0.25, -0.2) is 4.98 Å². The molecule has 29 heavy (non-hydrogen) atoms. The van der Waals surface area contributed by atoms with Crippen molar-refractivity contribution in [2.75, 3.05) is 39.9 Å². The fourth-order valence-electron chi connectivity index (χ4n) is 3.20. The number of aliphatic imine (C=N–C) groups is 1. The van der Waals surface area contributed by atoms with Gasteiger partial charge in [0, 0.05) is 51.1 Å². The summed E-state index contributed by atoms with van der Waals surface area (Å²) < 4.78 is 5.43. The molecule has 8 heteroatoms. The largest absolute Gasteiger partial charge is 0.379 e. The van der Waals surface area contributed by atoms with E-state index in [1.165, 1.54) is 21.0 Å². The lowest BCUT2D eigenvalue weighted by atomic mass is 10.1. The smallest absolute Gasteiger partial charge is 0.191 e. The Labute approximate surface area is 195 Å². The number of nitrogens with zero attached hydrogens (tertiary/aromatic N) is 3. The fourth-order valence-corrected chi connectivity index (χ4v) is 4.13. The van der Waals surface area contributed by atoms with Gasteiger partial charge in [-0.05, 0) is 25.0 Å². The molecule has 0 amide bonds. The lowest BCUT2D eigenvalue weighted by Crippen LogP contribution is -2.38. The quantitative estimate of drug-likeness (QED) is 0.328. The molecule has 6 nitrogen and oxygen atoms in total. The third-order valence-corrected chi connectivity index (χ3v) is 6.02. The molecule has 1 aliphatic heterocycles. The zero-order chi connectivity index (χ0) is 19.8. The van der Waals surface area contributed by atoms with E-state index in [1.54, 1.807) is 11.3 Å². The van der Waals surface area contributed by atoms with Crippen molar-refractivity contribution < 1.29 is 4.74 Å². The molecule has 2 aromatic rings. The van der Waals surface area contributed by atoms with Crippen LogP contribution >= 0.6 is 35.3 Å². The van der Waals surface area contributed by atoms with Gasteiger partial charge in [0.2, 0.25) is 0 Å². The summed E-state index contributed by atoms with van der Waals surface area (Å²) in [6.07, 6.45) is 0.912. The van der Waals surface area contributed by atoms with Crippen LogP contribution in [0.3, 0.4) is 0 Å². The molecule has 0 spiro atoms. The Bertz CT molecular complexity index is 770. The first-order valence-corrected chi connectivity index (χ1v) is 10.7. The predicted octanol–water partition coefficient (Wildman–Crippen LogP) is 3.12. The number of nitrogens with one attached hydrogen (secondary N) is 2. The molecule has 1 saturated heterocycles. The second-order valence-electron chi connectivity index (χ2n) is 7.06. The van der Waals surface area contributed by atoms with Crippen LogP contribution in [0.15, 0.2) is 29.3 Å². The second kappa shape index (κ2) is 12.5. The number of benzene rings is 1. The normalized spacial score (nSPS) is 15.1. The molecule has 3 rings (SSSR count). The van der Waals surface area contributed by atoms with Crippen LogP contribution in [-0.4, -0.2) is 55.7 Å². The number of aromatic nitrogens is 1. The molecule has 0 atom stereocenters. The Hall–Kier alpha value is -1.23. The van der Waals surface area contributed by atoms with Gasteiger partial charge in [0.25, 0.3) is 0 Å². The molecule has 0 unspecified atom stereocenters. The van der Waals surface area contributed by atoms with Gasteiger partial charge in [0.05, 0.1) is 23.9 Å². The highest BCUT2D eigenvalue weighted by Crippen LogP contribution is 2.16. The first-order valence-electron chi connectivity index (χ1n) is 9.89. The minimum absolute atomic E-state index is 0. The van der Waals surface area contributed by atoms with E-state index in [1.807, 2.05) is 7.05 Å².